The van der Waals surface area contributed by atoms with E-state index in [1.165, 1.54) is 4.80 Å². The van der Waals surface area contributed by atoms with Crippen LogP contribution in [0.3, 0.4) is 0 Å². The van der Waals surface area contributed by atoms with Crippen molar-refractivity contribution in [3.8, 4) is 11.4 Å². The molecular weight excluding hydrogens is 378 g/mol. The number of hydrogen-bond donors (Lipinski definition) is 2. The number of carbonyl (C=O) groups is 1. The molecule has 3 aromatic rings. The Morgan fingerprint density at radius 3 is 2.57 bits per heavy atom. The first kappa shape index (κ1) is 21.0. The van der Waals surface area contributed by atoms with Gasteiger partial charge in [0.15, 0.2) is 0 Å². The molecule has 0 saturated heterocycles. The van der Waals surface area contributed by atoms with E-state index < -0.39 is 0 Å². The fraction of sp³-hybridized carbons (Fsp3) is 0.217. The number of aromatic nitrogens is 3. The number of allylic oxidation sites excluding steroid dienone is 4. The quantitative estimate of drug-likeness (QED) is 0.465. The van der Waals surface area contributed by atoms with Crippen LogP contribution in [-0.4, -0.2) is 38.3 Å². The number of hydrogen-bond acceptors (Lipinski definition) is 5. The molecule has 7 heteroatoms. The summed E-state index contributed by atoms with van der Waals surface area (Å²) in [6, 6.07) is 11.1. The first-order valence-electron chi connectivity index (χ1n) is 9.70. The summed E-state index contributed by atoms with van der Waals surface area (Å²) in [5, 5.41) is 22.4. The highest BCUT2D eigenvalue weighted by Crippen LogP contribution is 2.28. The van der Waals surface area contributed by atoms with E-state index in [1.807, 2.05) is 81.5 Å². The third kappa shape index (κ3) is 5.20. The molecule has 0 radical (unpaired) electrons. The van der Waals surface area contributed by atoms with Crippen molar-refractivity contribution in [2.45, 2.75) is 27.3 Å². The van der Waals surface area contributed by atoms with Crippen LogP contribution in [0.1, 0.15) is 25.0 Å². The summed E-state index contributed by atoms with van der Waals surface area (Å²) in [4.78, 5) is 17.8. The maximum absolute atomic E-state index is 12.2. The normalized spacial score (nSPS) is 12.3. The highest BCUT2D eigenvalue weighted by atomic mass is 16.3. The molecule has 0 aliphatic heterocycles. The third-order valence-electron chi connectivity index (χ3n) is 4.40. The molecule has 0 aliphatic carbocycles. The number of rotatable bonds is 7. The zero-order valence-electron chi connectivity index (χ0n) is 17.3. The Morgan fingerprint density at radius 2 is 1.90 bits per heavy atom. The van der Waals surface area contributed by atoms with E-state index in [0.717, 1.165) is 22.3 Å². The molecule has 0 aliphatic rings. The van der Waals surface area contributed by atoms with Gasteiger partial charge in [0.25, 0.3) is 0 Å². The second-order valence-corrected chi connectivity index (χ2v) is 6.89. The second kappa shape index (κ2) is 9.65. The van der Waals surface area contributed by atoms with Crippen LogP contribution >= 0.6 is 0 Å². The molecule has 0 atom stereocenters. The lowest BCUT2D eigenvalue weighted by molar-refractivity contribution is -0.119. The zero-order valence-corrected chi connectivity index (χ0v) is 17.3. The van der Waals surface area contributed by atoms with Crippen LogP contribution in [0.4, 0.5) is 0 Å². The molecule has 2 N–H and O–H groups in total. The van der Waals surface area contributed by atoms with Crippen LogP contribution in [-0.2, 0) is 11.3 Å². The predicted octanol–water partition coefficient (Wildman–Crippen LogP) is 3.64. The molecule has 0 fully saturated rings. The van der Waals surface area contributed by atoms with Crippen molar-refractivity contribution in [1.82, 2.24) is 20.3 Å². The Balaban J connectivity index is 1.72. The Hall–Kier alpha value is -3.74. The Morgan fingerprint density at radius 1 is 1.20 bits per heavy atom. The van der Waals surface area contributed by atoms with Gasteiger partial charge in [0, 0.05) is 17.8 Å². The molecule has 1 aromatic heterocycles. The molecule has 0 saturated carbocycles. The average molecular weight is 403 g/mol. The molecule has 7 nitrogen and oxygen atoms in total. The highest BCUT2D eigenvalue weighted by molar-refractivity contribution is 5.94. The van der Waals surface area contributed by atoms with Gasteiger partial charge >= 0.3 is 0 Å². The van der Waals surface area contributed by atoms with Crippen LogP contribution in [0.5, 0.6) is 5.75 Å². The molecule has 1 heterocycles. The SMILES string of the molecule is C/C=C\C=C/C(C)=NCC(=O)NCc1cc(C)cc(-n2nc3ccccc3n2)c1O. The topological polar surface area (TPSA) is 92.4 Å². The molecule has 154 valence electrons. The molecule has 30 heavy (non-hydrogen) atoms. The number of phenolic OH excluding ortho intramolecular Hbond substituents is 1. The van der Waals surface area contributed by atoms with Gasteiger partial charge < -0.3 is 10.4 Å². The number of aliphatic imine (C=N–C) groups is 1. The van der Waals surface area contributed by atoms with Gasteiger partial charge in [-0.3, -0.25) is 9.79 Å². The standard InChI is InChI=1S/C23H25N5O2/c1-4-5-6-9-17(3)24-15-22(29)25-14-18-12-16(2)13-21(23(18)30)28-26-19-10-7-8-11-20(19)27-28/h4-13,30H,14-15H2,1-3H3,(H,25,29)/b5-4-,9-6-,24-17?. The zero-order chi connectivity index (χ0) is 21.5. The Labute approximate surface area is 175 Å². The predicted molar refractivity (Wildman–Crippen MR) is 119 cm³/mol. The number of aryl methyl sites for hydroxylation is 1. The van der Waals surface area contributed by atoms with Gasteiger partial charge in [-0.2, -0.15) is 0 Å². The summed E-state index contributed by atoms with van der Waals surface area (Å²) in [6.07, 6.45) is 7.53. The number of amides is 1. The second-order valence-electron chi connectivity index (χ2n) is 6.89. The van der Waals surface area contributed by atoms with Gasteiger partial charge in [-0.05, 0) is 50.6 Å². The lowest BCUT2D eigenvalue weighted by Gasteiger charge is -2.11. The van der Waals surface area contributed by atoms with Crippen molar-refractivity contribution in [3.63, 3.8) is 0 Å². The van der Waals surface area contributed by atoms with Crippen molar-refractivity contribution in [2.75, 3.05) is 6.54 Å². The summed E-state index contributed by atoms with van der Waals surface area (Å²) >= 11 is 0. The minimum atomic E-state index is -0.223. The summed E-state index contributed by atoms with van der Waals surface area (Å²) in [6.45, 7) is 5.90. The van der Waals surface area contributed by atoms with Gasteiger partial charge in [-0.1, -0.05) is 36.4 Å². The summed E-state index contributed by atoms with van der Waals surface area (Å²) in [5.41, 5.74) is 4.24. The first-order valence-corrected chi connectivity index (χ1v) is 9.70. The fourth-order valence-corrected chi connectivity index (χ4v) is 2.89. The van der Waals surface area contributed by atoms with E-state index in [-0.39, 0.29) is 24.7 Å². The van der Waals surface area contributed by atoms with Gasteiger partial charge in [-0.25, -0.2) is 0 Å². The van der Waals surface area contributed by atoms with Crippen molar-refractivity contribution < 1.29 is 9.90 Å². The number of fused-ring (bicyclic) bond motifs is 1. The van der Waals surface area contributed by atoms with E-state index >= 15 is 0 Å². The Bertz CT molecular complexity index is 1110. The van der Waals surface area contributed by atoms with Crippen molar-refractivity contribution >= 4 is 22.7 Å². The van der Waals surface area contributed by atoms with Crippen LogP contribution in [0.2, 0.25) is 0 Å². The number of benzene rings is 2. The third-order valence-corrected chi connectivity index (χ3v) is 4.40. The van der Waals surface area contributed by atoms with Gasteiger partial charge in [0.1, 0.15) is 29.0 Å². The lowest BCUT2D eigenvalue weighted by Crippen LogP contribution is -2.25. The van der Waals surface area contributed by atoms with E-state index in [2.05, 4.69) is 20.5 Å². The van der Waals surface area contributed by atoms with Crippen LogP contribution < -0.4 is 5.32 Å². The number of phenols is 1. The van der Waals surface area contributed by atoms with Gasteiger partial charge in [0.05, 0.1) is 0 Å². The molecular formula is C23H25N5O2. The van der Waals surface area contributed by atoms with Crippen LogP contribution in [0, 0.1) is 6.92 Å². The van der Waals surface area contributed by atoms with Gasteiger partial charge in [-0.15, -0.1) is 15.0 Å². The first-order chi connectivity index (χ1) is 14.5. The number of nitrogens with zero attached hydrogens (tertiary/aromatic N) is 4. The lowest BCUT2D eigenvalue weighted by atomic mass is 10.1. The molecule has 2 aromatic carbocycles. The summed E-state index contributed by atoms with van der Waals surface area (Å²) in [5.74, 6) is -0.186. The number of carbonyl (C=O) groups excluding carboxylic acids is 1. The molecule has 0 spiro atoms. The minimum Gasteiger partial charge on any atom is -0.505 e. The van der Waals surface area contributed by atoms with Crippen molar-refractivity contribution in [1.29, 1.82) is 0 Å². The smallest absolute Gasteiger partial charge is 0.241 e. The fourth-order valence-electron chi connectivity index (χ4n) is 2.89. The molecule has 0 unspecified atom stereocenters. The van der Waals surface area contributed by atoms with Crippen LogP contribution in [0.15, 0.2) is 65.7 Å². The van der Waals surface area contributed by atoms with Gasteiger partial charge in [0.2, 0.25) is 5.91 Å². The monoisotopic (exact) mass is 403 g/mol. The average Bonchev–Trinajstić information content (AvgIpc) is 3.16. The summed E-state index contributed by atoms with van der Waals surface area (Å²) < 4.78 is 0. The maximum Gasteiger partial charge on any atom is 0.241 e. The molecule has 1 amide bonds. The maximum atomic E-state index is 12.2. The number of nitrogens with one attached hydrogen (secondary N) is 1. The van der Waals surface area contributed by atoms with E-state index in [9.17, 15) is 9.90 Å². The van der Waals surface area contributed by atoms with Crippen molar-refractivity contribution in [3.05, 3.63) is 71.8 Å². The largest absolute Gasteiger partial charge is 0.505 e. The van der Waals surface area contributed by atoms with Crippen molar-refractivity contribution in [2.24, 2.45) is 4.99 Å². The van der Waals surface area contributed by atoms with E-state index in [0.29, 0.717) is 11.3 Å². The van der Waals surface area contributed by atoms with Crippen LogP contribution in [0.25, 0.3) is 16.7 Å². The number of aromatic hydroxyl groups is 1. The minimum absolute atomic E-state index is 0.0253. The Kier molecular flexibility index (Phi) is 6.75. The van der Waals surface area contributed by atoms with E-state index in [4.69, 9.17) is 0 Å². The molecule has 3 rings (SSSR count). The highest BCUT2D eigenvalue weighted by Gasteiger charge is 2.14. The van der Waals surface area contributed by atoms with E-state index in [1.54, 1.807) is 0 Å². The molecule has 0 bridgehead atoms. The summed E-state index contributed by atoms with van der Waals surface area (Å²) in [7, 11) is 0.